The molecule has 1 aromatic rings. The van der Waals surface area contributed by atoms with Crippen LogP contribution < -0.4 is 5.32 Å². The smallest absolute Gasteiger partial charge is 0.234 e. The molecule has 0 aromatic heterocycles. The van der Waals surface area contributed by atoms with E-state index in [2.05, 4.69) is 5.32 Å². The van der Waals surface area contributed by atoms with E-state index in [0.29, 0.717) is 13.2 Å². The Bertz CT molecular complexity index is 509. The molecule has 6 heteroatoms. The molecule has 1 amide bonds. The zero-order chi connectivity index (χ0) is 17.4. The standard InChI is InChI=1S/C17H26F2N2O2/c1-12(2)23-9-5-8-20-17(22)11-21(4)13(3)15-10-14(18)6-7-16(15)19/h6-7,10,12-13H,5,8-9,11H2,1-4H3,(H,20,22). The molecule has 0 aliphatic rings. The first-order valence-electron chi connectivity index (χ1n) is 7.84. The van der Waals surface area contributed by atoms with Crippen LogP contribution in [0.1, 0.15) is 38.8 Å². The average molecular weight is 328 g/mol. The SMILES string of the molecule is CC(C)OCCCNC(=O)CN(C)C(C)c1cc(F)ccc1F. The third kappa shape index (κ3) is 7.05. The van der Waals surface area contributed by atoms with Crippen molar-refractivity contribution in [2.75, 3.05) is 26.7 Å². The Balaban J connectivity index is 2.41. The number of nitrogens with one attached hydrogen (secondary N) is 1. The van der Waals surface area contributed by atoms with Crippen LogP contribution in [0.4, 0.5) is 8.78 Å². The van der Waals surface area contributed by atoms with Crippen LogP contribution in [0.5, 0.6) is 0 Å². The fourth-order valence-electron chi connectivity index (χ4n) is 2.11. The third-order valence-corrected chi connectivity index (χ3v) is 3.56. The van der Waals surface area contributed by atoms with Gasteiger partial charge in [0, 0.05) is 24.8 Å². The molecule has 0 saturated carbocycles. The van der Waals surface area contributed by atoms with Crippen molar-refractivity contribution in [2.45, 2.75) is 39.3 Å². The second kappa shape index (κ2) is 9.57. The topological polar surface area (TPSA) is 41.6 Å². The molecule has 1 aromatic carbocycles. The number of rotatable bonds is 9. The number of benzene rings is 1. The Hall–Kier alpha value is -1.53. The van der Waals surface area contributed by atoms with Gasteiger partial charge in [-0.05, 0) is 52.4 Å². The van der Waals surface area contributed by atoms with Crippen molar-refractivity contribution in [3.05, 3.63) is 35.4 Å². The van der Waals surface area contributed by atoms with Crippen LogP contribution in [-0.2, 0) is 9.53 Å². The van der Waals surface area contributed by atoms with Gasteiger partial charge in [-0.1, -0.05) is 0 Å². The quantitative estimate of drug-likeness (QED) is 0.709. The molecule has 1 rings (SSSR count). The monoisotopic (exact) mass is 328 g/mol. The molecule has 0 bridgehead atoms. The summed E-state index contributed by atoms with van der Waals surface area (Å²) in [5, 5.41) is 2.79. The summed E-state index contributed by atoms with van der Waals surface area (Å²) in [5.41, 5.74) is 0.241. The number of hydrogen-bond acceptors (Lipinski definition) is 3. The number of likely N-dealkylation sites (N-methyl/N-ethyl adjacent to an activating group) is 1. The van der Waals surface area contributed by atoms with Gasteiger partial charge in [0.2, 0.25) is 5.91 Å². The van der Waals surface area contributed by atoms with Crippen LogP contribution >= 0.6 is 0 Å². The maximum absolute atomic E-state index is 13.8. The minimum Gasteiger partial charge on any atom is -0.379 e. The van der Waals surface area contributed by atoms with E-state index < -0.39 is 17.7 Å². The molecule has 0 heterocycles. The van der Waals surface area contributed by atoms with Gasteiger partial charge in [-0.3, -0.25) is 9.69 Å². The lowest BCUT2D eigenvalue weighted by molar-refractivity contribution is -0.122. The number of ether oxygens (including phenoxy) is 1. The van der Waals surface area contributed by atoms with Crippen LogP contribution in [0.3, 0.4) is 0 Å². The predicted octanol–water partition coefficient (Wildman–Crippen LogP) is 2.89. The van der Waals surface area contributed by atoms with Crippen LogP contribution in [0.15, 0.2) is 18.2 Å². The van der Waals surface area contributed by atoms with Crippen LogP contribution in [0.25, 0.3) is 0 Å². The number of hydrogen-bond donors (Lipinski definition) is 1. The van der Waals surface area contributed by atoms with Crippen LogP contribution in [0.2, 0.25) is 0 Å². The molecule has 1 atom stereocenters. The van der Waals surface area contributed by atoms with Gasteiger partial charge in [0.05, 0.1) is 12.6 Å². The van der Waals surface area contributed by atoms with Gasteiger partial charge in [-0.25, -0.2) is 8.78 Å². The molecule has 0 saturated heterocycles. The first-order valence-corrected chi connectivity index (χ1v) is 7.84. The molecule has 4 nitrogen and oxygen atoms in total. The molecular formula is C17H26F2N2O2. The fourth-order valence-corrected chi connectivity index (χ4v) is 2.11. The molecule has 23 heavy (non-hydrogen) atoms. The summed E-state index contributed by atoms with van der Waals surface area (Å²) in [4.78, 5) is 13.6. The highest BCUT2D eigenvalue weighted by Gasteiger charge is 2.18. The van der Waals surface area contributed by atoms with E-state index in [1.807, 2.05) is 13.8 Å². The molecule has 1 unspecified atom stereocenters. The highest BCUT2D eigenvalue weighted by molar-refractivity contribution is 5.78. The summed E-state index contributed by atoms with van der Waals surface area (Å²) in [6.07, 6.45) is 0.917. The van der Waals surface area contributed by atoms with Crippen molar-refractivity contribution in [2.24, 2.45) is 0 Å². The van der Waals surface area contributed by atoms with E-state index in [4.69, 9.17) is 4.74 Å². The average Bonchev–Trinajstić information content (AvgIpc) is 2.48. The molecule has 0 aliphatic heterocycles. The summed E-state index contributed by atoms with van der Waals surface area (Å²) in [6, 6.07) is 2.94. The van der Waals surface area contributed by atoms with E-state index in [1.165, 1.54) is 0 Å². The lowest BCUT2D eigenvalue weighted by Crippen LogP contribution is -2.37. The summed E-state index contributed by atoms with van der Waals surface area (Å²) >= 11 is 0. The van der Waals surface area contributed by atoms with Gasteiger partial charge in [0.15, 0.2) is 0 Å². The van der Waals surface area contributed by atoms with E-state index >= 15 is 0 Å². The highest BCUT2D eigenvalue weighted by atomic mass is 19.1. The zero-order valence-electron chi connectivity index (χ0n) is 14.2. The van der Waals surface area contributed by atoms with Gasteiger partial charge in [0.25, 0.3) is 0 Å². The Morgan fingerprint density at radius 1 is 1.30 bits per heavy atom. The molecule has 0 radical (unpaired) electrons. The second-order valence-electron chi connectivity index (χ2n) is 5.88. The number of carbonyl (C=O) groups is 1. The number of nitrogens with zero attached hydrogens (tertiary/aromatic N) is 1. The van der Waals surface area contributed by atoms with Crippen molar-refractivity contribution in [1.82, 2.24) is 10.2 Å². The third-order valence-electron chi connectivity index (χ3n) is 3.56. The Kier molecular flexibility index (Phi) is 8.12. The maximum Gasteiger partial charge on any atom is 0.234 e. The van der Waals surface area contributed by atoms with Crippen LogP contribution in [-0.4, -0.2) is 43.7 Å². The van der Waals surface area contributed by atoms with Crippen LogP contribution in [0, 0.1) is 11.6 Å². The highest BCUT2D eigenvalue weighted by Crippen LogP contribution is 2.22. The van der Waals surface area contributed by atoms with Gasteiger partial charge < -0.3 is 10.1 Å². The largest absolute Gasteiger partial charge is 0.379 e. The summed E-state index contributed by atoms with van der Waals surface area (Å²) in [7, 11) is 1.70. The summed E-state index contributed by atoms with van der Waals surface area (Å²) < 4.78 is 32.4. The van der Waals surface area contributed by atoms with Crippen molar-refractivity contribution in [3.63, 3.8) is 0 Å². The second-order valence-corrected chi connectivity index (χ2v) is 5.88. The Morgan fingerprint density at radius 2 is 2.00 bits per heavy atom. The lowest BCUT2D eigenvalue weighted by atomic mass is 10.1. The first-order chi connectivity index (χ1) is 10.8. The van der Waals surface area contributed by atoms with Gasteiger partial charge in [0.1, 0.15) is 11.6 Å². The minimum atomic E-state index is -0.490. The molecule has 0 fully saturated rings. The Labute approximate surface area is 136 Å². The van der Waals surface area contributed by atoms with E-state index in [0.717, 1.165) is 24.6 Å². The van der Waals surface area contributed by atoms with Gasteiger partial charge in [-0.15, -0.1) is 0 Å². The van der Waals surface area contributed by atoms with Crippen molar-refractivity contribution >= 4 is 5.91 Å². The lowest BCUT2D eigenvalue weighted by Gasteiger charge is -2.24. The summed E-state index contributed by atoms with van der Waals surface area (Å²) in [5.74, 6) is -1.12. The Morgan fingerprint density at radius 3 is 2.65 bits per heavy atom. The predicted molar refractivity (Wildman–Crippen MR) is 86.1 cm³/mol. The van der Waals surface area contributed by atoms with E-state index in [9.17, 15) is 13.6 Å². The molecule has 1 N–H and O–H groups in total. The zero-order valence-corrected chi connectivity index (χ0v) is 14.2. The maximum atomic E-state index is 13.8. The normalized spacial score (nSPS) is 12.7. The number of amides is 1. The first kappa shape index (κ1) is 19.5. The van der Waals surface area contributed by atoms with Gasteiger partial charge >= 0.3 is 0 Å². The van der Waals surface area contributed by atoms with Crippen molar-refractivity contribution in [1.29, 1.82) is 0 Å². The number of halogens is 2. The summed E-state index contributed by atoms with van der Waals surface area (Å²) in [6.45, 7) is 6.89. The molecule has 0 aliphatic carbocycles. The van der Waals surface area contributed by atoms with E-state index in [-0.39, 0.29) is 24.1 Å². The number of carbonyl (C=O) groups excluding carboxylic acids is 1. The van der Waals surface area contributed by atoms with E-state index in [1.54, 1.807) is 18.9 Å². The molecule has 130 valence electrons. The minimum absolute atomic E-state index is 0.113. The van der Waals surface area contributed by atoms with Crippen molar-refractivity contribution < 1.29 is 18.3 Å². The van der Waals surface area contributed by atoms with Crippen molar-refractivity contribution in [3.8, 4) is 0 Å². The molecular weight excluding hydrogens is 302 g/mol. The van der Waals surface area contributed by atoms with Gasteiger partial charge in [-0.2, -0.15) is 0 Å². The molecule has 0 spiro atoms. The fraction of sp³-hybridized carbons (Fsp3) is 0.588.